The largest absolute Gasteiger partial charge is 0.345 e. The fourth-order valence-corrected chi connectivity index (χ4v) is 4.83. The molecule has 0 unspecified atom stereocenters. The summed E-state index contributed by atoms with van der Waals surface area (Å²) >= 11 is 0. The number of pyridine rings is 1. The number of urea groups is 1. The molecule has 1 aliphatic heterocycles. The average Bonchev–Trinajstić information content (AvgIpc) is 3.06. The molecule has 0 spiro atoms. The number of nitrogens with zero attached hydrogens (tertiary/aromatic N) is 4. The van der Waals surface area contributed by atoms with Crippen LogP contribution in [0.3, 0.4) is 0 Å². The highest BCUT2D eigenvalue weighted by Gasteiger charge is 2.24. The molecule has 0 saturated carbocycles. The SMILES string of the molecule is Cc1ccc(NC(=O)Nc2cccc3cc(CN4CCN(S(C)(=O)=O)CC4)n(C)c23)cn1. The third-order valence-electron chi connectivity index (χ3n) is 5.76. The van der Waals surface area contributed by atoms with E-state index in [1.165, 1.54) is 10.6 Å². The summed E-state index contributed by atoms with van der Waals surface area (Å²) in [5.74, 6) is 0. The van der Waals surface area contributed by atoms with Crippen LogP contribution in [0.25, 0.3) is 10.9 Å². The summed E-state index contributed by atoms with van der Waals surface area (Å²) in [7, 11) is -1.16. The lowest BCUT2D eigenvalue weighted by atomic mass is 10.2. The third kappa shape index (κ3) is 4.93. The van der Waals surface area contributed by atoms with Gasteiger partial charge in [-0.2, -0.15) is 4.31 Å². The van der Waals surface area contributed by atoms with Crippen LogP contribution in [-0.2, 0) is 23.6 Å². The van der Waals surface area contributed by atoms with Gasteiger partial charge < -0.3 is 15.2 Å². The van der Waals surface area contributed by atoms with Crippen LogP contribution in [-0.4, -0.2) is 65.6 Å². The minimum absolute atomic E-state index is 0.331. The normalized spacial score (nSPS) is 15.7. The van der Waals surface area contributed by atoms with E-state index in [1.807, 2.05) is 44.3 Å². The molecule has 2 aromatic heterocycles. The number of nitrogens with one attached hydrogen (secondary N) is 2. The second-order valence-corrected chi connectivity index (χ2v) is 10.1. The summed E-state index contributed by atoms with van der Waals surface area (Å²) < 4.78 is 27.1. The molecule has 1 fully saturated rings. The van der Waals surface area contributed by atoms with Crippen LogP contribution >= 0.6 is 0 Å². The quantitative estimate of drug-likeness (QED) is 0.615. The van der Waals surface area contributed by atoms with Crippen molar-refractivity contribution in [3.63, 3.8) is 0 Å². The Labute approximate surface area is 188 Å². The average molecular weight is 457 g/mol. The molecule has 4 rings (SSSR count). The molecule has 1 aliphatic rings. The molecule has 3 aromatic rings. The van der Waals surface area contributed by atoms with Gasteiger partial charge in [-0.05, 0) is 31.2 Å². The lowest BCUT2D eigenvalue weighted by Crippen LogP contribution is -2.47. The van der Waals surface area contributed by atoms with Crippen molar-refractivity contribution in [2.75, 3.05) is 43.1 Å². The number of fused-ring (bicyclic) bond motifs is 1. The summed E-state index contributed by atoms with van der Waals surface area (Å²) in [6, 6.07) is 11.3. The molecule has 10 heteroatoms. The predicted octanol–water partition coefficient (Wildman–Crippen LogP) is 2.60. The van der Waals surface area contributed by atoms with Crippen molar-refractivity contribution in [2.45, 2.75) is 13.5 Å². The molecule has 1 saturated heterocycles. The van der Waals surface area contributed by atoms with Gasteiger partial charge in [0.25, 0.3) is 0 Å². The molecule has 0 radical (unpaired) electrons. The standard InChI is InChI=1S/C22H28N6O3S/c1-16-7-8-18(14-23-16)24-22(29)25-20-6-4-5-17-13-19(26(2)21(17)20)15-27-9-11-28(12-10-27)32(3,30)31/h4-8,13-14H,9-12,15H2,1-3H3,(H2,24,25,29). The summed E-state index contributed by atoms with van der Waals surface area (Å²) in [4.78, 5) is 19.0. The van der Waals surface area contributed by atoms with Crippen molar-refractivity contribution in [3.8, 4) is 0 Å². The molecule has 0 atom stereocenters. The first-order valence-corrected chi connectivity index (χ1v) is 12.3. The zero-order valence-electron chi connectivity index (χ0n) is 18.5. The summed E-state index contributed by atoms with van der Waals surface area (Å²) in [6.45, 7) is 4.99. The Bertz CT molecular complexity index is 1230. The van der Waals surface area contributed by atoms with Gasteiger partial charge in [0.15, 0.2) is 0 Å². The van der Waals surface area contributed by atoms with Crippen molar-refractivity contribution in [3.05, 3.63) is 54.0 Å². The van der Waals surface area contributed by atoms with Crippen LogP contribution in [0, 0.1) is 6.92 Å². The van der Waals surface area contributed by atoms with E-state index in [0.29, 0.717) is 38.4 Å². The smallest absolute Gasteiger partial charge is 0.323 e. The van der Waals surface area contributed by atoms with Crippen LogP contribution in [0.2, 0.25) is 0 Å². The highest BCUT2D eigenvalue weighted by molar-refractivity contribution is 7.88. The number of aromatic nitrogens is 2. The number of aryl methyl sites for hydroxylation is 2. The Kier molecular flexibility index (Phi) is 6.18. The molecular formula is C22H28N6O3S. The zero-order valence-corrected chi connectivity index (χ0v) is 19.3. The number of sulfonamides is 1. The van der Waals surface area contributed by atoms with Gasteiger partial charge >= 0.3 is 6.03 Å². The lowest BCUT2D eigenvalue weighted by Gasteiger charge is -2.33. The van der Waals surface area contributed by atoms with Crippen molar-refractivity contribution < 1.29 is 13.2 Å². The Morgan fingerprint density at radius 2 is 1.84 bits per heavy atom. The van der Waals surface area contributed by atoms with Gasteiger partial charge in [0, 0.05) is 56.5 Å². The van der Waals surface area contributed by atoms with Gasteiger partial charge in [0.05, 0.1) is 29.3 Å². The number of hydrogen-bond acceptors (Lipinski definition) is 5. The number of piperazine rings is 1. The third-order valence-corrected chi connectivity index (χ3v) is 7.06. The summed E-state index contributed by atoms with van der Waals surface area (Å²) in [5.41, 5.74) is 4.27. The van der Waals surface area contributed by atoms with E-state index in [1.54, 1.807) is 6.20 Å². The zero-order chi connectivity index (χ0) is 22.9. The second-order valence-electron chi connectivity index (χ2n) is 8.14. The van der Waals surface area contributed by atoms with E-state index in [-0.39, 0.29) is 6.03 Å². The van der Waals surface area contributed by atoms with Crippen molar-refractivity contribution in [1.29, 1.82) is 0 Å². The molecule has 3 heterocycles. The van der Waals surface area contributed by atoms with E-state index < -0.39 is 10.0 Å². The fraction of sp³-hybridized carbons (Fsp3) is 0.364. The number of benzene rings is 1. The van der Waals surface area contributed by atoms with E-state index in [2.05, 4.69) is 31.2 Å². The number of anilines is 2. The Morgan fingerprint density at radius 3 is 2.50 bits per heavy atom. The number of amides is 2. The van der Waals surface area contributed by atoms with Crippen LogP contribution in [0.4, 0.5) is 16.2 Å². The minimum atomic E-state index is -3.14. The Morgan fingerprint density at radius 1 is 1.09 bits per heavy atom. The van der Waals surface area contributed by atoms with Crippen molar-refractivity contribution in [1.82, 2.24) is 18.8 Å². The number of rotatable bonds is 5. The van der Waals surface area contributed by atoms with Gasteiger partial charge in [0.2, 0.25) is 10.0 Å². The van der Waals surface area contributed by atoms with Crippen LogP contribution < -0.4 is 10.6 Å². The summed E-state index contributed by atoms with van der Waals surface area (Å²) in [6.07, 6.45) is 2.88. The maximum Gasteiger partial charge on any atom is 0.323 e. The van der Waals surface area contributed by atoms with E-state index in [9.17, 15) is 13.2 Å². The van der Waals surface area contributed by atoms with Crippen LogP contribution in [0.15, 0.2) is 42.6 Å². The molecule has 32 heavy (non-hydrogen) atoms. The first-order valence-electron chi connectivity index (χ1n) is 10.5. The highest BCUT2D eigenvalue weighted by Crippen LogP contribution is 2.27. The summed E-state index contributed by atoms with van der Waals surface area (Å²) in [5, 5.41) is 6.78. The van der Waals surface area contributed by atoms with Crippen LogP contribution in [0.1, 0.15) is 11.4 Å². The Hall–Kier alpha value is -2.95. The number of carbonyl (C=O) groups excluding carboxylic acids is 1. The van der Waals surface area contributed by atoms with Gasteiger partial charge in [-0.1, -0.05) is 12.1 Å². The number of para-hydroxylation sites is 1. The molecule has 0 bridgehead atoms. The number of hydrogen-bond donors (Lipinski definition) is 2. The first kappa shape index (κ1) is 22.3. The van der Waals surface area contributed by atoms with Crippen LogP contribution in [0.5, 0.6) is 0 Å². The number of carbonyl (C=O) groups is 1. The first-order chi connectivity index (χ1) is 15.2. The minimum Gasteiger partial charge on any atom is -0.345 e. The lowest BCUT2D eigenvalue weighted by molar-refractivity contribution is 0.179. The highest BCUT2D eigenvalue weighted by atomic mass is 32.2. The molecular weight excluding hydrogens is 428 g/mol. The molecule has 2 N–H and O–H groups in total. The van der Waals surface area contributed by atoms with Gasteiger partial charge in [0.1, 0.15) is 0 Å². The van der Waals surface area contributed by atoms with Crippen molar-refractivity contribution in [2.24, 2.45) is 7.05 Å². The monoisotopic (exact) mass is 456 g/mol. The van der Waals surface area contributed by atoms with E-state index in [4.69, 9.17) is 0 Å². The molecule has 0 aliphatic carbocycles. The van der Waals surface area contributed by atoms with E-state index >= 15 is 0 Å². The molecule has 1 aromatic carbocycles. The molecule has 170 valence electrons. The fourth-order valence-electron chi connectivity index (χ4n) is 4.00. The van der Waals surface area contributed by atoms with Gasteiger partial charge in [-0.3, -0.25) is 9.88 Å². The van der Waals surface area contributed by atoms with Gasteiger partial charge in [-0.25, -0.2) is 13.2 Å². The maximum atomic E-state index is 12.5. The molecule has 2 amide bonds. The second kappa shape index (κ2) is 8.89. The maximum absolute atomic E-state index is 12.5. The van der Waals surface area contributed by atoms with E-state index in [0.717, 1.165) is 28.0 Å². The van der Waals surface area contributed by atoms with Crippen molar-refractivity contribution >= 4 is 38.3 Å². The Balaban J connectivity index is 1.48. The van der Waals surface area contributed by atoms with Gasteiger partial charge in [-0.15, -0.1) is 0 Å². The predicted molar refractivity (Wildman–Crippen MR) is 126 cm³/mol. The molecule has 9 nitrogen and oxygen atoms in total. The topological polar surface area (TPSA) is 99.6 Å².